The maximum Gasteiger partial charge on any atom is 0.343 e. The average Bonchev–Trinajstić information content (AvgIpc) is 3.12. The molecule has 3 atom stereocenters. The second-order valence-corrected chi connectivity index (χ2v) is 14.8. The lowest BCUT2D eigenvalue weighted by Gasteiger charge is -2.40. The van der Waals surface area contributed by atoms with Crippen LogP contribution in [-0.4, -0.2) is 57.0 Å². The van der Waals surface area contributed by atoms with Crippen molar-refractivity contribution >= 4 is 17.9 Å². The summed E-state index contributed by atoms with van der Waals surface area (Å²) in [6, 6.07) is 19.4. The molecule has 1 saturated carbocycles. The van der Waals surface area contributed by atoms with Gasteiger partial charge in [0.2, 0.25) is 0 Å². The number of unbranched alkanes of at least 4 members (excludes halogenated alkanes) is 3. The van der Waals surface area contributed by atoms with Crippen molar-refractivity contribution in [3.8, 4) is 17.2 Å². The van der Waals surface area contributed by atoms with Crippen LogP contribution in [0.2, 0.25) is 0 Å². The smallest absolute Gasteiger partial charge is 0.343 e. The molecule has 1 heterocycles. The first-order valence-electron chi connectivity index (χ1n) is 18.9. The van der Waals surface area contributed by atoms with E-state index in [1.807, 2.05) is 0 Å². The maximum absolute atomic E-state index is 12.9. The Labute approximate surface area is 308 Å². The van der Waals surface area contributed by atoms with E-state index in [9.17, 15) is 14.4 Å². The highest BCUT2D eigenvalue weighted by Crippen LogP contribution is 2.36. The van der Waals surface area contributed by atoms with Crippen LogP contribution in [0.15, 0.2) is 72.8 Å². The number of benzene rings is 3. The Kier molecular flexibility index (Phi) is 14.3. The van der Waals surface area contributed by atoms with Crippen LogP contribution in [0.5, 0.6) is 17.2 Å². The van der Waals surface area contributed by atoms with Crippen molar-refractivity contribution in [2.45, 2.75) is 85.2 Å². The first-order chi connectivity index (χ1) is 25.1. The lowest BCUT2D eigenvalue weighted by atomic mass is 9.75. The van der Waals surface area contributed by atoms with Gasteiger partial charge in [0, 0.05) is 12.0 Å². The minimum atomic E-state index is -0.587. The number of esters is 3. The van der Waals surface area contributed by atoms with Crippen molar-refractivity contribution in [2.75, 3.05) is 33.0 Å². The Morgan fingerprint density at radius 3 is 1.77 bits per heavy atom. The number of ether oxygens (including phenoxy) is 6. The summed E-state index contributed by atoms with van der Waals surface area (Å²) in [5, 5.41) is 0. The first kappa shape index (κ1) is 39.0. The van der Waals surface area contributed by atoms with Gasteiger partial charge in [0.05, 0.1) is 43.1 Å². The zero-order valence-electron chi connectivity index (χ0n) is 31.1. The summed E-state index contributed by atoms with van der Waals surface area (Å²) in [7, 11) is 0. The number of hydrogen-bond acceptors (Lipinski definition) is 9. The quantitative estimate of drug-likeness (QED) is 0.0725. The average molecular weight is 715 g/mol. The number of carbonyl (C=O) groups excluding carboxylic acids is 3. The topological polar surface area (TPSA) is 107 Å². The highest BCUT2D eigenvalue weighted by Gasteiger charge is 2.37. The molecule has 2 fully saturated rings. The Morgan fingerprint density at radius 1 is 0.712 bits per heavy atom. The van der Waals surface area contributed by atoms with E-state index >= 15 is 0 Å². The summed E-state index contributed by atoms with van der Waals surface area (Å²) >= 11 is 0. The SMILES string of the molecule is CCC1(COCCCCCCOc2ccc(OC(=O)c3ccc(C(=O)Oc4ccc(C(=O)OC5CC(C)CCC5C(C)C)cc4)cc3)cc2)COC1. The summed E-state index contributed by atoms with van der Waals surface area (Å²) in [4.78, 5) is 38.4. The monoisotopic (exact) mass is 714 g/mol. The number of rotatable bonds is 18. The Morgan fingerprint density at radius 2 is 1.23 bits per heavy atom. The van der Waals surface area contributed by atoms with Crippen molar-refractivity contribution < 1.29 is 42.8 Å². The molecular weight excluding hydrogens is 660 g/mol. The largest absolute Gasteiger partial charge is 0.494 e. The van der Waals surface area contributed by atoms with Crippen LogP contribution in [0.25, 0.3) is 0 Å². The Balaban J connectivity index is 0.990. The fourth-order valence-corrected chi connectivity index (χ4v) is 6.71. The van der Waals surface area contributed by atoms with E-state index in [0.717, 1.165) is 77.8 Å². The van der Waals surface area contributed by atoms with Crippen molar-refractivity contribution in [1.29, 1.82) is 0 Å². The molecular formula is C43H54O9. The molecule has 280 valence electrons. The zero-order valence-corrected chi connectivity index (χ0v) is 31.1. The third-order valence-corrected chi connectivity index (χ3v) is 10.3. The van der Waals surface area contributed by atoms with Gasteiger partial charge in [-0.15, -0.1) is 0 Å². The fraction of sp³-hybridized carbons (Fsp3) is 0.512. The van der Waals surface area contributed by atoms with Gasteiger partial charge in [0.25, 0.3) is 0 Å². The maximum atomic E-state index is 12.9. The molecule has 1 saturated heterocycles. The van der Waals surface area contributed by atoms with Crippen LogP contribution < -0.4 is 14.2 Å². The predicted octanol–water partition coefficient (Wildman–Crippen LogP) is 9.13. The molecule has 9 nitrogen and oxygen atoms in total. The molecule has 3 unspecified atom stereocenters. The van der Waals surface area contributed by atoms with E-state index in [4.69, 9.17) is 28.4 Å². The molecule has 0 amide bonds. The van der Waals surface area contributed by atoms with Crippen molar-refractivity contribution in [3.63, 3.8) is 0 Å². The van der Waals surface area contributed by atoms with Crippen LogP contribution in [-0.2, 0) is 14.2 Å². The molecule has 1 aliphatic carbocycles. The van der Waals surface area contributed by atoms with Gasteiger partial charge in [-0.3, -0.25) is 0 Å². The van der Waals surface area contributed by atoms with Gasteiger partial charge >= 0.3 is 17.9 Å². The summed E-state index contributed by atoms with van der Waals surface area (Å²) in [6.45, 7) is 12.6. The summed E-state index contributed by atoms with van der Waals surface area (Å²) in [5.41, 5.74) is 1.21. The first-order valence-corrected chi connectivity index (χ1v) is 18.9. The highest BCUT2D eigenvalue weighted by molar-refractivity contribution is 5.95. The minimum absolute atomic E-state index is 0.0947. The van der Waals surface area contributed by atoms with Gasteiger partial charge < -0.3 is 28.4 Å². The van der Waals surface area contributed by atoms with E-state index in [2.05, 4.69) is 27.7 Å². The zero-order chi connectivity index (χ0) is 36.9. The van der Waals surface area contributed by atoms with Crippen molar-refractivity contribution in [1.82, 2.24) is 0 Å². The van der Waals surface area contributed by atoms with Gasteiger partial charge in [-0.05, 0) is 129 Å². The molecule has 0 N–H and O–H groups in total. The van der Waals surface area contributed by atoms with Crippen LogP contribution in [0.3, 0.4) is 0 Å². The molecule has 3 aromatic rings. The summed E-state index contributed by atoms with van der Waals surface area (Å²) in [5.74, 6) is 1.22. The van der Waals surface area contributed by atoms with Gasteiger partial charge in [-0.2, -0.15) is 0 Å². The normalized spacial score (nSPS) is 19.4. The Hall–Kier alpha value is -4.21. The number of hydrogen-bond donors (Lipinski definition) is 0. The molecule has 9 heteroatoms. The second kappa shape index (κ2) is 19.0. The molecule has 0 radical (unpaired) electrons. The van der Waals surface area contributed by atoms with Crippen molar-refractivity contribution in [3.05, 3.63) is 89.5 Å². The van der Waals surface area contributed by atoms with Crippen LogP contribution >= 0.6 is 0 Å². The molecule has 1 aliphatic heterocycles. The van der Waals surface area contributed by atoms with Crippen molar-refractivity contribution in [2.24, 2.45) is 23.2 Å². The van der Waals surface area contributed by atoms with Crippen LogP contribution in [0.1, 0.15) is 110 Å². The lowest BCUT2D eigenvalue weighted by Crippen LogP contribution is -2.45. The summed E-state index contributed by atoms with van der Waals surface area (Å²) in [6.07, 6.45) is 8.26. The molecule has 0 spiro atoms. The van der Waals surface area contributed by atoms with Crippen LogP contribution in [0, 0.1) is 23.2 Å². The van der Waals surface area contributed by atoms with Gasteiger partial charge in [0.15, 0.2) is 0 Å². The highest BCUT2D eigenvalue weighted by atomic mass is 16.5. The van der Waals surface area contributed by atoms with E-state index in [-0.39, 0.29) is 23.1 Å². The van der Waals surface area contributed by atoms with E-state index in [1.54, 1.807) is 48.5 Å². The molecule has 3 aromatic carbocycles. The molecule has 2 aliphatic rings. The number of carbonyl (C=O) groups is 3. The third-order valence-electron chi connectivity index (χ3n) is 10.3. The second-order valence-electron chi connectivity index (χ2n) is 14.8. The van der Waals surface area contributed by atoms with E-state index in [0.29, 0.717) is 52.7 Å². The van der Waals surface area contributed by atoms with Gasteiger partial charge in [0.1, 0.15) is 23.4 Å². The van der Waals surface area contributed by atoms with Crippen LogP contribution in [0.4, 0.5) is 0 Å². The standard InChI is InChI=1S/C43H54O9/c1-5-43(28-48-29-43)27-47-24-8-6-7-9-25-49-35-19-21-37(22-20-35)51-41(45)33-13-11-32(12-14-33)40(44)50-36-17-15-34(16-18-36)42(46)52-39-26-31(4)10-23-38(39)30(2)3/h11-22,30-31,38-39H,5-10,23-29H2,1-4H3. The summed E-state index contributed by atoms with van der Waals surface area (Å²) < 4.78 is 34.0. The Bertz CT molecular complexity index is 1570. The molecule has 5 rings (SSSR count). The minimum Gasteiger partial charge on any atom is -0.494 e. The lowest BCUT2D eigenvalue weighted by molar-refractivity contribution is -0.150. The van der Waals surface area contributed by atoms with E-state index in [1.165, 1.54) is 24.3 Å². The third kappa shape index (κ3) is 11.1. The van der Waals surface area contributed by atoms with Gasteiger partial charge in [-0.1, -0.05) is 40.5 Å². The molecule has 52 heavy (non-hydrogen) atoms. The van der Waals surface area contributed by atoms with Gasteiger partial charge in [-0.25, -0.2) is 14.4 Å². The predicted molar refractivity (Wildman–Crippen MR) is 198 cm³/mol. The molecule has 0 bridgehead atoms. The molecule has 0 aromatic heterocycles. The fourth-order valence-electron chi connectivity index (χ4n) is 6.71. The van der Waals surface area contributed by atoms with E-state index < -0.39 is 11.9 Å².